The lowest BCUT2D eigenvalue weighted by atomic mass is 9.99. The van der Waals surface area contributed by atoms with Crippen molar-refractivity contribution < 1.29 is 42.5 Å². The van der Waals surface area contributed by atoms with Gasteiger partial charge in [-0.2, -0.15) is 0 Å². The number of ether oxygens (including phenoxy) is 2. The van der Waals surface area contributed by atoms with Gasteiger partial charge in [0.25, 0.3) is 0 Å². The summed E-state index contributed by atoms with van der Waals surface area (Å²) < 4.78 is 37.7. The zero-order valence-corrected chi connectivity index (χ0v) is 32.1. The number of halogens is 5. The molecule has 0 saturated heterocycles. The van der Waals surface area contributed by atoms with Crippen LogP contribution in [0.1, 0.15) is 50.7 Å². The fourth-order valence-corrected chi connectivity index (χ4v) is 5.63. The monoisotopic (exact) mass is 806 g/mol. The smallest absolute Gasteiger partial charge is 0.307 e. The zero-order valence-electron chi connectivity index (χ0n) is 29.8. The molecule has 4 aromatic rings. The highest BCUT2D eigenvalue weighted by atomic mass is 35.5. The third-order valence-electron chi connectivity index (χ3n) is 7.75. The fraction of sp³-hybridized carbons (Fsp3) is 0.300. The summed E-state index contributed by atoms with van der Waals surface area (Å²) in [4.78, 5) is 45.9. The number of carbonyl (C=O) groups is 4. The lowest BCUT2D eigenvalue weighted by Gasteiger charge is -2.18. The van der Waals surface area contributed by atoms with E-state index in [2.05, 4.69) is 5.32 Å². The van der Waals surface area contributed by atoms with E-state index in [-0.39, 0.29) is 62.5 Å². The summed E-state index contributed by atoms with van der Waals surface area (Å²) in [5.41, 5.74) is 9.97. The van der Waals surface area contributed by atoms with Crippen molar-refractivity contribution in [3.63, 3.8) is 0 Å². The molecule has 2 atom stereocenters. The van der Waals surface area contributed by atoms with Gasteiger partial charge in [0.2, 0.25) is 5.91 Å². The lowest BCUT2D eigenvalue weighted by Crippen LogP contribution is -2.38. The highest BCUT2D eigenvalue weighted by molar-refractivity contribution is 6.31. The van der Waals surface area contributed by atoms with Gasteiger partial charge in [-0.05, 0) is 85.3 Å². The van der Waals surface area contributed by atoms with Gasteiger partial charge in [0.1, 0.15) is 11.6 Å². The van der Waals surface area contributed by atoms with Crippen molar-refractivity contribution in [2.45, 2.75) is 64.5 Å². The van der Waals surface area contributed by atoms with Crippen molar-refractivity contribution in [3.8, 4) is 22.3 Å². The number of hydrogen-bond donors (Lipinski definition) is 3. The van der Waals surface area contributed by atoms with E-state index in [1.807, 2.05) is 24.3 Å². The van der Waals surface area contributed by atoms with Crippen molar-refractivity contribution in [1.29, 1.82) is 0 Å². The molecule has 54 heavy (non-hydrogen) atoms. The van der Waals surface area contributed by atoms with Gasteiger partial charge in [0.05, 0.1) is 32.5 Å². The van der Waals surface area contributed by atoms with Crippen LogP contribution in [0, 0.1) is 11.6 Å². The molecule has 0 bridgehead atoms. The molecule has 4 aromatic carbocycles. The SMILES string of the molecule is CCOC(=O)C[C@@H](Cc1ccc(-c2cc(Cl)ccc2F)cc1)NC(=O)CCC(=O)O.CCOC(=O)C[C@H](N)Cc1ccc(-c2cc(Cl)ccc2F)cc1.Cl. The van der Waals surface area contributed by atoms with Gasteiger partial charge in [-0.1, -0.05) is 71.7 Å². The van der Waals surface area contributed by atoms with Crippen LogP contribution in [0.5, 0.6) is 0 Å². The Morgan fingerprint density at radius 3 is 1.59 bits per heavy atom. The summed E-state index contributed by atoms with van der Waals surface area (Å²) >= 11 is 11.9. The third kappa shape index (κ3) is 15.8. The van der Waals surface area contributed by atoms with Gasteiger partial charge < -0.3 is 25.6 Å². The second-order valence-corrected chi connectivity index (χ2v) is 12.9. The standard InChI is InChI=1S/C22H23ClFNO5.C18H19ClFNO2.ClH/c1-2-30-22(29)13-17(25-20(26)9-10-21(27)28)11-14-3-5-15(6-4-14)18-12-16(23)7-8-19(18)24;1-2-23-18(22)11-15(21)9-12-3-5-13(6-4-12)16-10-14(19)7-8-17(16)20;/h3-8,12,17H,2,9-11,13H2,1H3,(H,25,26)(H,27,28);3-8,10,15H,2,9,11,21H2,1H3;1H/t17-;15-;/m11./s1. The first-order chi connectivity index (χ1) is 25.3. The van der Waals surface area contributed by atoms with Gasteiger partial charge in [0, 0.05) is 39.7 Å². The Kier molecular flexibility index (Phi) is 19.7. The van der Waals surface area contributed by atoms with E-state index in [1.165, 1.54) is 30.3 Å². The van der Waals surface area contributed by atoms with E-state index in [0.29, 0.717) is 46.2 Å². The molecule has 0 saturated carbocycles. The predicted octanol–water partition coefficient (Wildman–Crippen LogP) is 8.38. The summed E-state index contributed by atoms with van der Waals surface area (Å²) in [6.07, 6.45) is 0.544. The van der Waals surface area contributed by atoms with Crippen molar-refractivity contribution in [2.75, 3.05) is 13.2 Å². The summed E-state index contributed by atoms with van der Waals surface area (Å²) in [5.74, 6) is -2.99. The maximum absolute atomic E-state index is 14.1. The third-order valence-corrected chi connectivity index (χ3v) is 8.22. The van der Waals surface area contributed by atoms with E-state index < -0.39 is 29.7 Å². The van der Waals surface area contributed by atoms with Crippen molar-refractivity contribution in [1.82, 2.24) is 5.32 Å². The topological polar surface area (TPSA) is 145 Å². The van der Waals surface area contributed by atoms with Crippen LogP contribution in [0.4, 0.5) is 8.78 Å². The zero-order chi connectivity index (χ0) is 38.9. The maximum atomic E-state index is 14.1. The molecule has 14 heteroatoms. The molecule has 290 valence electrons. The van der Waals surface area contributed by atoms with E-state index in [1.54, 1.807) is 44.2 Å². The largest absolute Gasteiger partial charge is 0.481 e. The minimum absolute atomic E-state index is 0. The predicted molar refractivity (Wildman–Crippen MR) is 208 cm³/mol. The molecule has 0 heterocycles. The molecule has 0 fully saturated rings. The quantitative estimate of drug-likeness (QED) is 0.0958. The number of nitrogens with two attached hydrogens (primary N) is 1. The molecule has 0 aliphatic heterocycles. The normalized spacial score (nSPS) is 11.5. The molecule has 0 aliphatic carbocycles. The lowest BCUT2D eigenvalue weighted by molar-refractivity contribution is -0.144. The molecule has 0 unspecified atom stereocenters. The second kappa shape index (κ2) is 23.3. The minimum Gasteiger partial charge on any atom is -0.481 e. The average Bonchev–Trinajstić information content (AvgIpc) is 3.10. The van der Waals surface area contributed by atoms with Crippen LogP contribution in [0.3, 0.4) is 0 Å². The molecule has 0 aromatic heterocycles. The van der Waals surface area contributed by atoms with Crippen LogP contribution < -0.4 is 11.1 Å². The first-order valence-corrected chi connectivity index (χ1v) is 17.7. The Bertz CT molecular complexity index is 1840. The summed E-state index contributed by atoms with van der Waals surface area (Å²) in [6, 6.07) is 22.3. The molecule has 4 rings (SSSR count). The van der Waals surface area contributed by atoms with Crippen molar-refractivity contribution in [2.24, 2.45) is 5.73 Å². The molecule has 0 radical (unpaired) electrons. The number of carbonyl (C=O) groups excluding carboxylic acids is 3. The highest BCUT2D eigenvalue weighted by Crippen LogP contribution is 2.28. The van der Waals surface area contributed by atoms with Gasteiger partial charge in [-0.15, -0.1) is 12.4 Å². The van der Waals surface area contributed by atoms with Crippen LogP contribution in [0.2, 0.25) is 10.0 Å². The number of benzene rings is 4. The maximum Gasteiger partial charge on any atom is 0.307 e. The summed E-state index contributed by atoms with van der Waals surface area (Å²) in [6.45, 7) is 4.02. The molecule has 0 aliphatic rings. The molecular weight excluding hydrogens is 765 g/mol. The number of carboxylic acids is 1. The van der Waals surface area contributed by atoms with Gasteiger partial charge >= 0.3 is 17.9 Å². The van der Waals surface area contributed by atoms with E-state index in [4.69, 9.17) is 43.5 Å². The Balaban J connectivity index is 0.000000379. The summed E-state index contributed by atoms with van der Waals surface area (Å²) in [7, 11) is 0. The van der Waals surface area contributed by atoms with E-state index in [9.17, 15) is 28.0 Å². The van der Waals surface area contributed by atoms with Crippen LogP contribution in [-0.2, 0) is 41.5 Å². The number of aliphatic carboxylic acids is 1. The number of rotatable bonds is 16. The minimum atomic E-state index is -1.07. The Labute approximate surface area is 329 Å². The van der Waals surface area contributed by atoms with Crippen molar-refractivity contribution in [3.05, 3.63) is 118 Å². The molecular formula is C40H43Cl3F2N2O7. The summed E-state index contributed by atoms with van der Waals surface area (Å²) in [5, 5.41) is 12.3. The molecule has 1 amide bonds. The molecule has 0 spiro atoms. The average molecular weight is 808 g/mol. The van der Waals surface area contributed by atoms with Crippen LogP contribution in [0.25, 0.3) is 22.3 Å². The van der Waals surface area contributed by atoms with Crippen LogP contribution >= 0.6 is 35.6 Å². The number of esters is 2. The van der Waals surface area contributed by atoms with Gasteiger partial charge in [-0.25, -0.2) is 8.78 Å². The number of hydrogen-bond acceptors (Lipinski definition) is 7. The second-order valence-electron chi connectivity index (χ2n) is 12.0. The van der Waals surface area contributed by atoms with Crippen LogP contribution in [0.15, 0.2) is 84.9 Å². The number of nitrogens with one attached hydrogen (secondary N) is 1. The highest BCUT2D eigenvalue weighted by Gasteiger charge is 2.19. The number of carboxylic acid groups (broad SMARTS) is 1. The molecule has 9 nitrogen and oxygen atoms in total. The molecule has 4 N–H and O–H groups in total. The Hall–Kier alpha value is -4.55. The van der Waals surface area contributed by atoms with Gasteiger partial charge in [-0.3, -0.25) is 19.2 Å². The Morgan fingerprint density at radius 1 is 0.704 bits per heavy atom. The number of amides is 1. The Morgan fingerprint density at radius 2 is 1.15 bits per heavy atom. The van der Waals surface area contributed by atoms with E-state index in [0.717, 1.165) is 16.7 Å². The van der Waals surface area contributed by atoms with Crippen LogP contribution in [-0.4, -0.2) is 54.2 Å². The van der Waals surface area contributed by atoms with Crippen molar-refractivity contribution >= 4 is 59.4 Å². The fourth-order valence-electron chi connectivity index (χ4n) is 5.29. The first kappa shape index (κ1) is 45.6. The van der Waals surface area contributed by atoms with E-state index >= 15 is 0 Å². The van der Waals surface area contributed by atoms with Gasteiger partial charge in [0.15, 0.2) is 0 Å². The first-order valence-electron chi connectivity index (χ1n) is 16.9.